The first-order valence-corrected chi connectivity index (χ1v) is 5.03. The number of hydrogen-bond donors (Lipinski definition) is 0. The average molecular weight is 249 g/mol. The Labute approximate surface area is 104 Å². The summed E-state index contributed by atoms with van der Waals surface area (Å²) < 4.78 is 9.65. The van der Waals surface area contributed by atoms with E-state index in [9.17, 15) is 14.9 Å². The minimum atomic E-state index is -0.656. The predicted octanol–water partition coefficient (Wildman–Crippen LogP) is 1.78. The summed E-state index contributed by atoms with van der Waals surface area (Å²) in [6, 6.07) is 3.84. The molecule has 0 amide bonds. The van der Waals surface area contributed by atoms with Gasteiger partial charge in [0.05, 0.1) is 17.6 Å². The number of methoxy groups -OCH3 is 1. The van der Waals surface area contributed by atoms with Crippen LogP contribution in [-0.4, -0.2) is 24.6 Å². The lowest BCUT2D eigenvalue weighted by atomic mass is 10.2. The number of benzene rings is 1. The van der Waals surface area contributed by atoms with E-state index in [1.165, 1.54) is 19.2 Å². The summed E-state index contributed by atoms with van der Waals surface area (Å²) in [5, 5.41) is 10.8. The topological polar surface area (TPSA) is 78.7 Å². The molecule has 0 aliphatic heterocycles. The molecule has 0 spiro atoms. The van der Waals surface area contributed by atoms with Crippen LogP contribution < -0.4 is 4.74 Å². The Bertz CT molecular complexity index is 504. The van der Waals surface area contributed by atoms with Gasteiger partial charge in [-0.05, 0) is 12.1 Å². The number of carbonyl (C=O) groups excluding carboxylic acids is 1. The zero-order valence-electron chi connectivity index (χ0n) is 9.71. The largest absolute Gasteiger partial charge is 0.490 e. The molecule has 1 aromatic carbocycles. The van der Waals surface area contributed by atoms with Crippen molar-refractivity contribution in [3.05, 3.63) is 33.9 Å². The van der Waals surface area contributed by atoms with Gasteiger partial charge >= 0.3 is 11.7 Å². The summed E-state index contributed by atoms with van der Waals surface area (Å²) in [6.07, 6.45) is 5.30. The number of nitro benzene ring substituents is 1. The maximum absolute atomic E-state index is 11.5. The molecule has 1 aromatic rings. The Morgan fingerprint density at radius 2 is 2.28 bits per heavy atom. The van der Waals surface area contributed by atoms with Gasteiger partial charge in [-0.1, -0.05) is 0 Å². The van der Waals surface area contributed by atoms with E-state index in [0.717, 1.165) is 6.07 Å². The van der Waals surface area contributed by atoms with Crippen molar-refractivity contribution in [2.75, 3.05) is 13.7 Å². The van der Waals surface area contributed by atoms with Gasteiger partial charge < -0.3 is 9.47 Å². The average Bonchev–Trinajstić information content (AvgIpc) is 2.38. The van der Waals surface area contributed by atoms with Crippen molar-refractivity contribution >= 4 is 11.7 Å². The Balaban J connectivity index is 2.91. The van der Waals surface area contributed by atoms with Crippen LogP contribution >= 0.6 is 0 Å². The smallest absolute Gasteiger partial charge is 0.338 e. The summed E-state index contributed by atoms with van der Waals surface area (Å²) >= 11 is 0. The van der Waals surface area contributed by atoms with Gasteiger partial charge in [-0.2, -0.15) is 0 Å². The maximum atomic E-state index is 11.5. The van der Waals surface area contributed by atoms with Crippen LogP contribution in [0.2, 0.25) is 0 Å². The van der Waals surface area contributed by atoms with Crippen LogP contribution in [-0.2, 0) is 4.74 Å². The molecular formula is C12H11NO5. The van der Waals surface area contributed by atoms with E-state index in [1.807, 2.05) is 0 Å². The molecule has 0 saturated carbocycles. The third kappa shape index (κ3) is 3.22. The number of hydrogen-bond acceptors (Lipinski definition) is 5. The molecule has 0 heterocycles. The van der Waals surface area contributed by atoms with Crippen molar-refractivity contribution in [1.29, 1.82) is 0 Å². The minimum Gasteiger partial charge on any atom is -0.490 e. The van der Waals surface area contributed by atoms with E-state index in [4.69, 9.17) is 15.9 Å². The SMILES string of the molecule is C#CCCOC(=O)c1ccc(OC)c([N+](=O)[O-])c1. The standard InChI is InChI=1S/C12H11NO5/c1-3-4-7-18-12(14)9-5-6-11(17-2)10(8-9)13(15)16/h1,5-6,8H,4,7H2,2H3. The Hall–Kier alpha value is -2.55. The molecule has 6 heteroatoms. The first kappa shape index (κ1) is 13.5. The summed E-state index contributed by atoms with van der Waals surface area (Å²) in [7, 11) is 1.31. The molecule has 6 nitrogen and oxygen atoms in total. The molecule has 0 aliphatic rings. The summed E-state index contributed by atoms with van der Waals surface area (Å²) in [5.74, 6) is 1.74. The summed E-state index contributed by atoms with van der Waals surface area (Å²) in [4.78, 5) is 21.7. The fourth-order valence-corrected chi connectivity index (χ4v) is 1.25. The van der Waals surface area contributed by atoms with E-state index >= 15 is 0 Å². The number of carbonyl (C=O) groups is 1. The third-order valence-corrected chi connectivity index (χ3v) is 2.09. The fourth-order valence-electron chi connectivity index (χ4n) is 1.25. The number of terminal acetylenes is 1. The third-order valence-electron chi connectivity index (χ3n) is 2.09. The number of rotatable bonds is 5. The number of esters is 1. The van der Waals surface area contributed by atoms with Gasteiger partial charge in [0, 0.05) is 12.5 Å². The minimum absolute atomic E-state index is 0.0785. The van der Waals surface area contributed by atoms with Gasteiger partial charge in [0.2, 0.25) is 0 Å². The van der Waals surface area contributed by atoms with Crippen LogP contribution in [0.4, 0.5) is 5.69 Å². The Morgan fingerprint density at radius 3 is 2.83 bits per heavy atom. The molecule has 0 unspecified atom stereocenters. The molecule has 18 heavy (non-hydrogen) atoms. The molecule has 0 aliphatic carbocycles. The van der Waals surface area contributed by atoms with E-state index < -0.39 is 10.9 Å². The van der Waals surface area contributed by atoms with E-state index in [1.54, 1.807) is 0 Å². The predicted molar refractivity (Wildman–Crippen MR) is 63.4 cm³/mol. The van der Waals surface area contributed by atoms with Gasteiger partial charge in [0.25, 0.3) is 0 Å². The monoisotopic (exact) mass is 249 g/mol. The van der Waals surface area contributed by atoms with Crippen molar-refractivity contribution in [2.45, 2.75) is 6.42 Å². The van der Waals surface area contributed by atoms with Crippen molar-refractivity contribution in [2.24, 2.45) is 0 Å². The van der Waals surface area contributed by atoms with Crippen LogP contribution in [0.3, 0.4) is 0 Å². The Kier molecular flexibility index (Phi) is 4.69. The molecule has 0 atom stereocenters. The lowest BCUT2D eigenvalue weighted by molar-refractivity contribution is -0.385. The van der Waals surface area contributed by atoms with Gasteiger partial charge in [-0.15, -0.1) is 12.3 Å². The molecule has 0 aromatic heterocycles. The van der Waals surface area contributed by atoms with E-state index in [0.29, 0.717) is 6.42 Å². The summed E-state index contributed by atoms with van der Waals surface area (Å²) in [5.41, 5.74) is -0.205. The zero-order valence-corrected chi connectivity index (χ0v) is 9.71. The quantitative estimate of drug-likeness (QED) is 0.261. The highest BCUT2D eigenvalue weighted by Gasteiger charge is 2.18. The van der Waals surface area contributed by atoms with Crippen molar-refractivity contribution in [3.63, 3.8) is 0 Å². The molecule has 0 N–H and O–H groups in total. The second-order valence-electron chi connectivity index (χ2n) is 3.23. The summed E-state index contributed by atoms with van der Waals surface area (Å²) in [6.45, 7) is 0.0785. The van der Waals surface area contributed by atoms with Crippen molar-refractivity contribution in [3.8, 4) is 18.1 Å². The molecule has 94 valence electrons. The maximum Gasteiger partial charge on any atom is 0.338 e. The van der Waals surface area contributed by atoms with E-state index in [2.05, 4.69) is 5.92 Å². The highest BCUT2D eigenvalue weighted by molar-refractivity contribution is 5.90. The van der Waals surface area contributed by atoms with Gasteiger partial charge in [0.1, 0.15) is 6.61 Å². The normalized spacial score (nSPS) is 9.33. The zero-order chi connectivity index (χ0) is 13.5. The molecule has 0 saturated heterocycles. The second-order valence-corrected chi connectivity index (χ2v) is 3.23. The highest BCUT2D eigenvalue weighted by Crippen LogP contribution is 2.27. The molecule has 0 radical (unpaired) electrons. The lowest BCUT2D eigenvalue weighted by Crippen LogP contribution is -2.07. The lowest BCUT2D eigenvalue weighted by Gasteiger charge is -2.05. The van der Waals surface area contributed by atoms with Crippen LogP contribution in [0, 0.1) is 22.5 Å². The number of nitrogens with zero attached hydrogens (tertiary/aromatic N) is 1. The molecule has 1 rings (SSSR count). The van der Waals surface area contributed by atoms with Gasteiger partial charge in [-0.3, -0.25) is 10.1 Å². The highest BCUT2D eigenvalue weighted by atomic mass is 16.6. The van der Waals surface area contributed by atoms with Crippen molar-refractivity contribution in [1.82, 2.24) is 0 Å². The number of ether oxygens (including phenoxy) is 2. The second kappa shape index (κ2) is 6.25. The molecule has 0 fully saturated rings. The van der Waals surface area contributed by atoms with Crippen molar-refractivity contribution < 1.29 is 19.2 Å². The fraction of sp³-hybridized carbons (Fsp3) is 0.250. The van der Waals surface area contributed by atoms with Crippen LogP contribution in [0.25, 0.3) is 0 Å². The molecule has 0 bridgehead atoms. The van der Waals surface area contributed by atoms with Crippen LogP contribution in [0.5, 0.6) is 5.75 Å². The van der Waals surface area contributed by atoms with Gasteiger partial charge in [-0.25, -0.2) is 4.79 Å². The first-order valence-electron chi connectivity index (χ1n) is 5.03. The van der Waals surface area contributed by atoms with E-state index in [-0.39, 0.29) is 23.6 Å². The molecular weight excluding hydrogens is 238 g/mol. The Morgan fingerprint density at radius 1 is 1.56 bits per heavy atom. The van der Waals surface area contributed by atoms with Gasteiger partial charge in [0.15, 0.2) is 5.75 Å². The van der Waals surface area contributed by atoms with Crippen LogP contribution in [0.15, 0.2) is 18.2 Å². The first-order chi connectivity index (χ1) is 8.60. The van der Waals surface area contributed by atoms with Crippen LogP contribution in [0.1, 0.15) is 16.8 Å². The number of nitro groups is 1.